The van der Waals surface area contributed by atoms with Gasteiger partial charge in [0.15, 0.2) is 11.6 Å². The second-order valence-corrected chi connectivity index (χ2v) is 8.26. The van der Waals surface area contributed by atoms with Crippen molar-refractivity contribution in [3.8, 4) is 22.3 Å². The number of anilines is 1. The number of benzene rings is 2. The molecule has 0 radical (unpaired) electrons. The van der Waals surface area contributed by atoms with Gasteiger partial charge >= 0.3 is 0 Å². The summed E-state index contributed by atoms with van der Waals surface area (Å²) in [5.74, 6) is -1.65. The molecule has 4 heterocycles. The maximum Gasteiger partial charge on any atom is 0.182 e. The van der Waals surface area contributed by atoms with Crippen LogP contribution in [-0.2, 0) is 0 Å². The quantitative estimate of drug-likeness (QED) is 0.407. The Hall–Kier alpha value is -3.84. The standard InChI is InChI=1S/C26H21F2N5/c27-22-12-18(13-24(25(22)28)33-8-6-29-7-9-33)19-11-20-21(15-32-26(20)31-14-19)16-3-4-23-17(10-16)2-1-5-30-23/h1-5,10-15,29H,6-9H2,(H,31,32). The first-order valence-electron chi connectivity index (χ1n) is 10.9. The van der Waals surface area contributed by atoms with E-state index in [9.17, 15) is 8.78 Å². The van der Waals surface area contributed by atoms with Crippen molar-refractivity contribution in [3.05, 3.63) is 78.8 Å². The molecule has 1 saturated heterocycles. The Morgan fingerprint density at radius 2 is 1.76 bits per heavy atom. The van der Waals surface area contributed by atoms with E-state index in [4.69, 9.17) is 0 Å². The van der Waals surface area contributed by atoms with Crippen molar-refractivity contribution in [1.82, 2.24) is 20.3 Å². The number of nitrogens with one attached hydrogen (secondary N) is 2. The van der Waals surface area contributed by atoms with Crippen LogP contribution in [0.3, 0.4) is 0 Å². The molecule has 0 spiro atoms. The molecule has 0 aliphatic carbocycles. The fourth-order valence-electron chi connectivity index (χ4n) is 4.52. The maximum absolute atomic E-state index is 14.6. The number of H-pyrrole nitrogens is 1. The average molecular weight is 441 g/mol. The highest BCUT2D eigenvalue weighted by Gasteiger charge is 2.20. The summed E-state index contributed by atoms with van der Waals surface area (Å²) in [6.45, 7) is 2.76. The lowest BCUT2D eigenvalue weighted by Crippen LogP contribution is -2.44. The van der Waals surface area contributed by atoms with Gasteiger partial charge in [-0.3, -0.25) is 4.98 Å². The molecule has 1 aliphatic rings. The van der Waals surface area contributed by atoms with Gasteiger partial charge in [0.2, 0.25) is 0 Å². The molecule has 6 rings (SSSR count). The van der Waals surface area contributed by atoms with Gasteiger partial charge < -0.3 is 15.2 Å². The highest BCUT2D eigenvalue weighted by atomic mass is 19.2. The van der Waals surface area contributed by atoms with Gasteiger partial charge in [-0.1, -0.05) is 12.1 Å². The van der Waals surface area contributed by atoms with Crippen molar-refractivity contribution in [2.45, 2.75) is 0 Å². The predicted octanol–water partition coefficient (Wildman–Crippen LogP) is 5.13. The Labute approximate surface area is 189 Å². The number of piperazine rings is 1. The van der Waals surface area contributed by atoms with Crippen LogP contribution in [0.1, 0.15) is 0 Å². The van der Waals surface area contributed by atoms with Crippen LogP contribution in [0.15, 0.2) is 67.1 Å². The van der Waals surface area contributed by atoms with Crippen LogP contribution in [0.4, 0.5) is 14.5 Å². The summed E-state index contributed by atoms with van der Waals surface area (Å²) in [6, 6.07) is 15.0. The van der Waals surface area contributed by atoms with Crippen LogP contribution in [0, 0.1) is 11.6 Å². The molecule has 5 nitrogen and oxygen atoms in total. The van der Waals surface area contributed by atoms with Gasteiger partial charge in [0.05, 0.1) is 11.2 Å². The molecule has 0 saturated carbocycles. The molecule has 0 amide bonds. The molecule has 0 atom stereocenters. The summed E-state index contributed by atoms with van der Waals surface area (Å²) in [5, 5.41) is 5.21. The number of nitrogens with zero attached hydrogens (tertiary/aromatic N) is 3. The van der Waals surface area contributed by atoms with Gasteiger partial charge in [0.1, 0.15) is 5.65 Å². The highest BCUT2D eigenvalue weighted by molar-refractivity contribution is 5.98. The first kappa shape index (κ1) is 19.8. The van der Waals surface area contributed by atoms with E-state index in [1.165, 1.54) is 6.07 Å². The van der Waals surface area contributed by atoms with E-state index in [-0.39, 0.29) is 0 Å². The molecule has 1 aliphatic heterocycles. The van der Waals surface area contributed by atoms with E-state index in [2.05, 4.69) is 26.3 Å². The van der Waals surface area contributed by atoms with Crippen LogP contribution in [-0.4, -0.2) is 41.1 Å². The Morgan fingerprint density at radius 3 is 2.64 bits per heavy atom. The second kappa shape index (κ2) is 7.94. The number of aromatic nitrogens is 3. The number of aromatic amines is 1. The lowest BCUT2D eigenvalue weighted by molar-refractivity contribution is 0.500. The van der Waals surface area contributed by atoms with Crippen molar-refractivity contribution >= 4 is 27.6 Å². The third-order valence-electron chi connectivity index (χ3n) is 6.25. The molecule has 1 fully saturated rings. The first-order chi connectivity index (χ1) is 16.2. The van der Waals surface area contributed by atoms with E-state index in [1.54, 1.807) is 18.5 Å². The lowest BCUT2D eigenvalue weighted by Gasteiger charge is -2.30. The van der Waals surface area contributed by atoms with E-state index < -0.39 is 11.6 Å². The van der Waals surface area contributed by atoms with E-state index in [0.717, 1.165) is 51.7 Å². The summed E-state index contributed by atoms with van der Waals surface area (Å²) in [4.78, 5) is 14.0. The Kier molecular flexibility index (Phi) is 4.77. The minimum absolute atomic E-state index is 0.294. The average Bonchev–Trinajstić information content (AvgIpc) is 3.29. The molecule has 2 N–H and O–H groups in total. The van der Waals surface area contributed by atoms with Crippen molar-refractivity contribution in [2.75, 3.05) is 31.1 Å². The molecule has 0 bridgehead atoms. The minimum atomic E-state index is -0.850. The van der Waals surface area contributed by atoms with Crippen LogP contribution in [0.2, 0.25) is 0 Å². The minimum Gasteiger partial charge on any atom is -0.367 e. The Balaban J connectivity index is 1.45. The number of rotatable bonds is 3. The summed E-state index contributed by atoms with van der Waals surface area (Å²) in [5.41, 5.74) is 5.34. The number of halogens is 2. The SMILES string of the molecule is Fc1cc(-c2cnc3[nH]cc(-c4ccc5ncccc5c4)c3c2)cc(N2CCNCC2)c1F. The van der Waals surface area contributed by atoms with E-state index in [0.29, 0.717) is 24.3 Å². The topological polar surface area (TPSA) is 56.8 Å². The molecular weight excluding hydrogens is 420 g/mol. The van der Waals surface area contributed by atoms with Gasteiger partial charge in [0, 0.05) is 66.7 Å². The number of fused-ring (bicyclic) bond motifs is 2. The third kappa shape index (κ3) is 3.50. The van der Waals surface area contributed by atoms with Gasteiger partial charge in [-0.25, -0.2) is 13.8 Å². The molecule has 0 unspecified atom stereocenters. The summed E-state index contributed by atoms with van der Waals surface area (Å²) >= 11 is 0. The van der Waals surface area contributed by atoms with Gasteiger partial charge in [-0.05, 0) is 47.5 Å². The smallest absolute Gasteiger partial charge is 0.182 e. The van der Waals surface area contributed by atoms with Crippen molar-refractivity contribution in [1.29, 1.82) is 0 Å². The zero-order valence-corrected chi connectivity index (χ0v) is 17.8. The zero-order valence-electron chi connectivity index (χ0n) is 17.8. The Bertz CT molecular complexity index is 1490. The molecular formula is C26H21F2N5. The molecule has 164 valence electrons. The Morgan fingerprint density at radius 1 is 0.879 bits per heavy atom. The van der Waals surface area contributed by atoms with E-state index >= 15 is 0 Å². The largest absolute Gasteiger partial charge is 0.367 e. The van der Waals surface area contributed by atoms with Gasteiger partial charge in [-0.2, -0.15) is 0 Å². The number of hydrogen-bond acceptors (Lipinski definition) is 4. The molecule has 7 heteroatoms. The van der Waals surface area contributed by atoms with Crippen LogP contribution < -0.4 is 10.2 Å². The first-order valence-corrected chi connectivity index (χ1v) is 10.9. The summed E-state index contributed by atoms with van der Waals surface area (Å²) in [7, 11) is 0. The second-order valence-electron chi connectivity index (χ2n) is 8.26. The summed E-state index contributed by atoms with van der Waals surface area (Å²) in [6.07, 6.45) is 5.40. The third-order valence-corrected chi connectivity index (χ3v) is 6.25. The summed E-state index contributed by atoms with van der Waals surface area (Å²) < 4.78 is 29.2. The maximum atomic E-state index is 14.6. The zero-order chi connectivity index (χ0) is 22.4. The van der Waals surface area contributed by atoms with Crippen LogP contribution in [0.5, 0.6) is 0 Å². The van der Waals surface area contributed by atoms with Crippen LogP contribution in [0.25, 0.3) is 44.2 Å². The van der Waals surface area contributed by atoms with Crippen molar-refractivity contribution < 1.29 is 8.78 Å². The number of pyridine rings is 2. The fourth-order valence-corrected chi connectivity index (χ4v) is 4.52. The van der Waals surface area contributed by atoms with Crippen LogP contribution >= 0.6 is 0 Å². The molecule has 2 aromatic carbocycles. The van der Waals surface area contributed by atoms with Gasteiger partial charge in [-0.15, -0.1) is 0 Å². The van der Waals surface area contributed by atoms with Crippen molar-refractivity contribution in [2.24, 2.45) is 0 Å². The normalized spacial score (nSPS) is 14.3. The monoisotopic (exact) mass is 441 g/mol. The fraction of sp³-hybridized carbons (Fsp3) is 0.154. The molecule has 33 heavy (non-hydrogen) atoms. The predicted molar refractivity (Wildman–Crippen MR) is 127 cm³/mol. The van der Waals surface area contributed by atoms with E-state index in [1.807, 2.05) is 41.4 Å². The highest BCUT2D eigenvalue weighted by Crippen LogP contribution is 2.34. The lowest BCUT2D eigenvalue weighted by atomic mass is 10.0. The van der Waals surface area contributed by atoms with Gasteiger partial charge in [0.25, 0.3) is 0 Å². The molecule has 3 aromatic heterocycles. The van der Waals surface area contributed by atoms with Crippen molar-refractivity contribution in [3.63, 3.8) is 0 Å². The molecule has 5 aromatic rings. The number of hydrogen-bond donors (Lipinski definition) is 2.